The molecule has 1 unspecified atom stereocenters. The van der Waals surface area contributed by atoms with Crippen LogP contribution in [0.1, 0.15) is 34.7 Å². The lowest BCUT2D eigenvalue weighted by molar-refractivity contribution is 0.677. The van der Waals surface area contributed by atoms with Crippen LogP contribution < -0.4 is 11.5 Å². The van der Waals surface area contributed by atoms with Gasteiger partial charge in [0.1, 0.15) is 0 Å². The van der Waals surface area contributed by atoms with Gasteiger partial charge in [-0.3, -0.25) is 4.98 Å². The number of aromatic nitrogens is 1. The summed E-state index contributed by atoms with van der Waals surface area (Å²) in [5, 5.41) is 9.36. The molecule has 7 heteroatoms. The van der Waals surface area contributed by atoms with Crippen LogP contribution in [0.25, 0.3) is 0 Å². The van der Waals surface area contributed by atoms with E-state index in [0.29, 0.717) is 16.5 Å². The van der Waals surface area contributed by atoms with E-state index < -0.39 is 0 Å². The minimum Gasteiger partial charge on any atom is -0.369 e. The Morgan fingerprint density at radius 1 is 1.17 bits per heavy atom. The number of benzene rings is 1. The van der Waals surface area contributed by atoms with Gasteiger partial charge in [0.25, 0.3) is 0 Å². The molecule has 2 aromatic rings. The van der Waals surface area contributed by atoms with E-state index >= 15 is 0 Å². The summed E-state index contributed by atoms with van der Waals surface area (Å²) < 4.78 is 0. The number of rotatable bonds is 2. The summed E-state index contributed by atoms with van der Waals surface area (Å²) in [4.78, 5) is 4.51. The van der Waals surface area contributed by atoms with Gasteiger partial charge in [0.15, 0.2) is 0 Å². The third kappa shape index (κ3) is 3.23. The minimum absolute atomic E-state index is 0.0703. The third-order valence-electron chi connectivity index (χ3n) is 4.10. The van der Waals surface area contributed by atoms with Crippen LogP contribution in [0.15, 0.2) is 40.7 Å². The Balaban J connectivity index is 2.12. The van der Waals surface area contributed by atoms with E-state index in [1.54, 1.807) is 6.20 Å². The maximum atomic E-state index is 6.38. The molecule has 1 heterocycles. The van der Waals surface area contributed by atoms with Gasteiger partial charge in [-0.2, -0.15) is 5.10 Å². The number of fused-ring (bicyclic) bond motifs is 1. The summed E-state index contributed by atoms with van der Waals surface area (Å²) in [6.07, 6.45) is 3.17. The lowest BCUT2D eigenvalue weighted by Gasteiger charge is -2.27. The zero-order valence-corrected chi connectivity index (χ0v) is 14.6. The van der Waals surface area contributed by atoms with E-state index in [9.17, 15) is 0 Å². The average Bonchev–Trinajstić information content (AvgIpc) is 2.52. The van der Waals surface area contributed by atoms with Gasteiger partial charge in [-0.25, -0.2) is 0 Å². The van der Waals surface area contributed by atoms with E-state index in [2.05, 4.69) is 15.2 Å². The summed E-state index contributed by atoms with van der Waals surface area (Å²) in [6, 6.07) is 7.47. The van der Waals surface area contributed by atoms with Gasteiger partial charge in [0.05, 0.1) is 11.4 Å². The van der Waals surface area contributed by atoms with E-state index in [-0.39, 0.29) is 11.9 Å². The van der Waals surface area contributed by atoms with Gasteiger partial charge in [-0.1, -0.05) is 29.3 Å². The van der Waals surface area contributed by atoms with Crippen molar-refractivity contribution >= 4 is 34.9 Å². The molecule has 1 atom stereocenters. The Hall–Kier alpha value is -2.11. The molecule has 0 saturated carbocycles. The van der Waals surface area contributed by atoms with E-state index in [1.807, 2.05) is 31.2 Å². The lowest BCUT2D eigenvalue weighted by atomic mass is 9.80. The number of halogens is 2. The van der Waals surface area contributed by atoms with Crippen molar-refractivity contribution in [2.24, 2.45) is 21.7 Å². The fourth-order valence-corrected chi connectivity index (χ4v) is 3.82. The van der Waals surface area contributed by atoms with Crippen molar-refractivity contribution in [3.05, 3.63) is 62.9 Å². The van der Waals surface area contributed by atoms with Crippen LogP contribution in [0.2, 0.25) is 10.0 Å². The second-order valence-electron chi connectivity index (χ2n) is 5.76. The molecule has 3 rings (SSSR count). The second-order valence-corrected chi connectivity index (χ2v) is 6.58. The van der Waals surface area contributed by atoms with Crippen molar-refractivity contribution in [3.63, 3.8) is 0 Å². The number of nitrogens with zero attached hydrogens (tertiary/aromatic N) is 3. The monoisotopic (exact) mass is 361 g/mol. The van der Waals surface area contributed by atoms with Gasteiger partial charge in [0.2, 0.25) is 5.96 Å². The largest absolute Gasteiger partial charge is 0.369 e. The molecule has 1 aliphatic carbocycles. The highest BCUT2D eigenvalue weighted by atomic mass is 35.5. The first-order chi connectivity index (χ1) is 11.5. The molecule has 0 bridgehead atoms. The quantitative estimate of drug-likeness (QED) is 0.487. The summed E-state index contributed by atoms with van der Waals surface area (Å²) in [5.41, 5.74) is 15.6. The first-order valence-corrected chi connectivity index (χ1v) is 8.27. The first kappa shape index (κ1) is 16.7. The smallest absolute Gasteiger partial charge is 0.211 e. The van der Waals surface area contributed by atoms with Crippen molar-refractivity contribution < 1.29 is 0 Å². The molecule has 0 aliphatic heterocycles. The Kier molecular flexibility index (Phi) is 4.73. The molecule has 0 spiro atoms. The van der Waals surface area contributed by atoms with Crippen LogP contribution >= 0.6 is 23.2 Å². The van der Waals surface area contributed by atoms with Gasteiger partial charge >= 0.3 is 0 Å². The summed E-state index contributed by atoms with van der Waals surface area (Å²) in [6.45, 7) is 2.02. The number of aryl methyl sites for hydroxylation is 1. The summed E-state index contributed by atoms with van der Waals surface area (Å²) >= 11 is 12.8. The van der Waals surface area contributed by atoms with Crippen LogP contribution in [-0.2, 0) is 6.42 Å². The standard InChI is InChI=1S/C17H17Cl2N5/c1-9-5-6-22-13-7-10(16-11(18)3-2-4-12(16)19)8-14(15(9)13)23-24-17(20)21/h2-6,10H,7-8H2,1H3,(H4,20,21,24)/b23-14+. The van der Waals surface area contributed by atoms with Crippen LogP contribution in [0.3, 0.4) is 0 Å². The zero-order chi connectivity index (χ0) is 17.3. The van der Waals surface area contributed by atoms with Crippen LogP contribution in [-0.4, -0.2) is 16.7 Å². The fourth-order valence-electron chi connectivity index (χ4n) is 3.12. The van der Waals surface area contributed by atoms with Crippen molar-refractivity contribution in [1.82, 2.24) is 4.98 Å². The Morgan fingerprint density at radius 2 is 1.88 bits per heavy atom. The number of guanidine groups is 1. The molecule has 0 saturated heterocycles. The number of hydrogen-bond donors (Lipinski definition) is 2. The number of pyridine rings is 1. The molecule has 0 amide bonds. The Bertz CT molecular complexity index is 821. The molecule has 0 fully saturated rings. The second kappa shape index (κ2) is 6.79. The van der Waals surface area contributed by atoms with Crippen LogP contribution in [0.4, 0.5) is 0 Å². The van der Waals surface area contributed by atoms with Gasteiger partial charge in [-0.05, 0) is 55.0 Å². The molecule has 5 nitrogen and oxygen atoms in total. The molecule has 1 aromatic heterocycles. The van der Waals surface area contributed by atoms with E-state index in [1.165, 1.54) is 0 Å². The van der Waals surface area contributed by atoms with Crippen molar-refractivity contribution in [1.29, 1.82) is 0 Å². The zero-order valence-electron chi connectivity index (χ0n) is 13.1. The van der Waals surface area contributed by atoms with Gasteiger partial charge in [0, 0.05) is 21.8 Å². The molecule has 24 heavy (non-hydrogen) atoms. The van der Waals surface area contributed by atoms with Gasteiger partial charge in [-0.15, -0.1) is 5.10 Å². The van der Waals surface area contributed by atoms with E-state index in [0.717, 1.165) is 34.5 Å². The topological polar surface area (TPSA) is 89.6 Å². The van der Waals surface area contributed by atoms with Crippen LogP contribution in [0.5, 0.6) is 0 Å². The highest BCUT2D eigenvalue weighted by molar-refractivity contribution is 6.36. The Morgan fingerprint density at radius 3 is 2.54 bits per heavy atom. The first-order valence-electron chi connectivity index (χ1n) is 7.51. The van der Waals surface area contributed by atoms with Crippen molar-refractivity contribution in [3.8, 4) is 0 Å². The minimum atomic E-state index is -0.0801. The van der Waals surface area contributed by atoms with Gasteiger partial charge < -0.3 is 11.5 Å². The third-order valence-corrected chi connectivity index (χ3v) is 4.76. The fraction of sp³-hybridized carbons (Fsp3) is 0.235. The maximum Gasteiger partial charge on any atom is 0.211 e. The summed E-state index contributed by atoms with van der Waals surface area (Å²) in [7, 11) is 0. The Labute approximate surface area is 150 Å². The predicted molar refractivity (Wildman–Crippen MR) is 98.8 cm³/mol. The normalized spacial score (nSPS) is 18.3. The number of nitrogens with two attached hydrogens (primary N) is 2. The molecule has 0 radical (unpaired) electrons. The predicted octanol–water partition coefficient (Wildman–Crippen LogP) is 3.40. The summed E-state index contributed by atoms with van der Waals surface area (Å²) in [5.74, 6) is -0.00978. The van der Waals surface area contributed by atoms with Crippen molar-refractivity contribution in [2.45, 2.75) is 25.7 Å². The van der Waals surface area contributed by atoms with Crippen LogP contribution in [0, 0.1) is 6.92 Å². The average molecular weight is 362 g/mol. The molecular formula is C17H17Cl2N5. The lowest BCUT2D eigenvalue weighted by Crippen LogP contribution is -2.24. The molecule has 1 aromatic carbocycles. The molecular weight excluding hydrogens is 345 g/mol. The molecule has 1 aliphatic rings. The molecule has 4 N–H and O–H groups in total. The SMILES string of the molecule is Cc1ccnc2c1/C(=N/N=C(N)N)CC(c1c(Cl)cccc1Cl)C2. The number of hydrogen-bond acceptors (Lipinski definition) is 3. The highest BCUT2D eigenvalue weighted by Gasteiger charge is 2.29. The highest BCUT2D eigenvalue weighted by Crippen LogP contribution is 2.39. The maximum absolute atomic E-state index is 6.38. The van der Waals surface area contributed by atoms with Crippen molar-refractivity contribution in [2.75, 3.05) is 0 Å². The molecule has 124 valence electrons. The van der Waals surface area contributed by atoms with E-state index in [4.69, 9.17) is 34.7 Å².